The molecular weight excluding hydrogens is 134 g/mol. The van der Waals surface area contributed by atoms with Crippen molar-refractivity contribution in [3.05, 3.63) is 0 Å². The predicted octanol–water partition coefficient (Wildman–Crippen LogP) is 2.94. The molecule has 0 saturated heterocycles. The normalized spacial score (nSPS) is 12.0. The van der Waals surface area contributed by atoms with Crippen molar-refractivity contribution in [3.8, 4) is 0 Å². The molecule has 0 aliphatic rings. The Hall–Kier alpha value is -0.0400. The van der Waals surface area contributed by atoms with Crippen LogP contribution in [-0.2, 0) is 0 Å². The average Bonchev–Trinajstić information content (AvgIpc) is 1.99. The van der Waals surface area contributed by atoms with Crippen molar-refractivity contribution in [2.45, 2.75) is 52.9 Å². The fourth-order valence-corrected chi connectivity index (χ4v) is 1.13. The van der Waals surface area contributed by atoms with Gasteiger partial charge in [0.05, 0.1) is 0 Å². The summed E-state index contributed by atoms with van der Waals surface area (Å²) in [6.07, 6.45) is 6.70. The summed E-state index contributed by atoms with van der Waals surface area (Å²) < 4.78 is 0. The minimum absolute atomic E-state index is 0.369. The van der Waals surface area contributed by atoms with Crippen LogP contribution < -0.4 is 5.73 Å². The Labute approximate surface area is 71.4 Å². The molecule has 0 atom stereocenters. The van der Waals surface area contributed by atoms with E-state index in [-0.39, 0.29) is 0 Å². The largest absolute Gasteiger partial charge is 0.330 e. The molecule has 0 aromatic rings. The molecule has 1 heteroatoms. The van der Waals surface area contributed by atoms with Crippen LogP contribution in [-0.4, -0.2) is 6.54 Å². The molecule has 0 spiro atoms. The Morgan fingerprint density at radius 3 is 2.18 bits per heavy atom. The second-order valence-electron chi connectivity index (χ2n) is 4.18. The molecule has 0 unspecified atom stereocenters. The summed E-state index contributed by atoms with van der Waals surface area (Å²) in [6.45, 7) is 7.56. The summed E-state index contributed by atoms with van der Waals surface area (Å²) in [5.74, 6) is 0. The highest BCUT2D eigenvalue weighted by atomic mass is 14.6. The molecule has 2 N–H and O–H groups in total. The molecule has 0 aromatic heterocycles. The molecule has 0 amide bonds. The maximum atomic E-state index is 5.62. The van der Waals surface area contributed by atoms with Gasteiger partial charge in [-0.3, -0.25) is 0 Å². The first kappa shape index (κ1) is 11.0. The van der Waals surface area contributed by atoms with Crippen molar-refractivity contribution in [1.82, 2.24) is 0 Å². The number of nitrogens with two attached hydrogens (primary N) is 1. The highest BCUT2D eigenvalue weighted by Crippen LogP contribution is 2.21. The Kier molecular flexibility index (Phi) is 5.57. The molecule has 0 radical (unpaired) electrons. The summed E-state index contributed by atoms with van der Waals surface area (Å²) >= 11 is 0. The van der Waals surface area contributed by atoms with Crippen molar-refractivity contribution in [1.29, 1.82) is 0 Å². The lowest BCUT2D eigenvalue weighted by Crippen LogP contribution is -2.23. The van der Waals surface area contributed by atoms with Gasteiger partial charge in [0.15, 0.2) is 0 Å². The zero-order valence-corrected chi connectivity index (χ0v) is 8.32. The van der Waals surface area contributed by atoms with Gasteiger partial charge in [-0.1, -0.05) is 46.5 Å². The van der Waals surface area contributed by atoms with E-state index in [1.807, 2.05) is 0 Å². The molecule has 0 fully saturated rings. The first-order valence-corrected chi connectivity index (χ1v) is 4.82. The van der Waals surface area contributed by atoms with Gasteiger partial charge in [-0.25, -0.2) is 0 Å². The molecule has 0 saturated carbocycles. The highest BCUT2D eigenvalue weighted by molar-refractivity contribution is 4.68. The third-order valence-corrected chi connectivity index (χ3v) is 2.26. The lowest BCUT2D eigenvalue weighted by atomic mass is 9.87. The van der Waals surface area contributed by atoms with E-state index in [9.17, 15) is 0 Å². The average molecular weight is 157 g/mol. The third kappa shape index (κ3) is 6.36. The monoisotopic (exact) mass is 157 g/mol. The Morgan fingerprint density at radius 2 is 1.73 bits per heavy atom. The van der Waals surface area contributed by atoms with Crippen molar-refractivity contribution in [2.75, 3.05) is 6.54 Å². The fraction of sp³-hybridized carbons (Fsp3) is 1.00. The van der Waals surface area contributed by atoms with E-state index in [2.05, 4.69) is 20.8 Å². The minimum Gasteiger partial charge on any atom is -0.330 e. The number of hydrogen-bond acceptors (Lipinski definition) is 1. The Bertz CT molecular complexity index is 86.9. The quantitative estimate of drug-likeness (QED) is 0.589. The second kappa shape index (κ2) is 5.59. The van der Waals surface area contributed by atoms with Gasteiger partial charge < -0.3 is 5.73 Å². The van der Waals surface area contributed by atoms with Gasteiger partial charge in [-0.2, -0.15) is 0 Å². The van der Waals surface area contributed by atoms with Gasteiger partial charge in [0.25, 0.3) is 0 Å². The molecule has 0 rings (SSSR count). The van der Waals surface area contributed by atoms with Crippen LogP contribution in [0.2, 0.25) is 0 Å². The van der Waals surface area contributed by atoms with E-state index >= 15 is 0 Å². The van der Waals surface area contributed by atoms with E-state index in [0.29, 0.717) is 5.41 Å². The number of unbranched alkanes of at least 4 members (excludes halogenated alkanes) is 3. The smallest absolute Gasteiger partial charge is 0.00258 e. The molecule has 0 bridgehead atoms. The lowest BCUT2D eigenvalue weighted by molar-refractivity contribution is 0.331. The SMILES string of the molecule is CCCCCCC(C)(C)CN. The van der Waals surface area contributed by atoms with E-state index in [1.54, 1.807) is 0 Å². The molecule has 68 valence electrons. The van der Waals surface area contributed by atoms with Crippen LogP contribution in [0.4, 0.5) is 0 Å². The molecule has 0 aliphatic heterocycles. The highest BCUT2D eigenvalue weighted by Gasteiger charge is 2.13. The molecular formula is C10H23N. The fourth-order valence-electron chi connectivity index (χ4n) is 1.13. The standard InChI is InChI=1S/C10H23N/c1-4-5-6-7-8-10(2,3)9-11/h4-9,11H2,1-3H3. The maximum absolute atomic E-state index is 5.62. The minimum atomic E-state index is 0.369. The van der Waals surface area contributed by atoms with Gasteiger partial charge in [0.2, 0.25) is 0 Å². The summed E-state index contributed by atoms with van der Waals surface area (Å²) in [7, 11) is 0. The van der Waals surface area contributed by atoms with Gasteiger partial charge in [-0.15, -0.1) is 0 Å². The summed E-state index contributed by atoms with van der Waals surface area (Å²) in [6, 6.07) is 0. The first-order chi connectivity index (χ1) is 5.12. The van der Waals surface area contributed by atoms with Crippen molar-refractivity contribution < 1.29 is 0 Å². The van der Waals surface area contributed by atoms with E-state index < -0.39 is 0 Å². The molecule has 0 heterocycles. The Morgan fingerprint density at radius 1 is 1.09 bits per heavy atom. The van der Waals surface area contributed by atoms with Crippen molar-refractivity contribution in [3.63, 3.8) is 0 Å². The van der Waals surface area contributed by atoms with Crippen LogP contribution >= 0.6 is 0 Å². The third-order valence-electron chi connectivity index (χ3n) is 2.26. The van der Waals surface area contributed by atoms with E-state index in [4.69, 9.17) is 5.73 Å². The first-order valence-electron chi connectivity index (χ1n) is 4.82. The predicted molar refractivity (Wildman–Crippen MR) is 51.6 cm³/mol. The maximum Gasteiger partial charge on any atom is -0.00258 e. The summed E-state index contributed by atoms with van der Waals surface area (Å²) in [5, 5.41) is 0. The van der Waals surface area contributed by atoms with Gasteiger partial charge in [-0.05, 0) is 18.4 Å². The molecule has 11 heavy (non-hydrogen) atoms. The summed E-state index contributed by atoms with van der Waals surface area (Å²) in [4.78, 5) is 0. The zero-order valence-electron chi connectivity index (χ0n) is 8.32. The molecule has 1 nitrogen and oxygen atoms in total. The molecule has 0 aliphatic carbocycles. The van der Waals surface area contributed by atoms with Gasteiger partial charge in [0.1, 0.15) is 0 Å². The van der Waals surface area contributed by atoms with Crippen molar-refractivity contribution in [2.24, 2.45) is 11.1 Å². The van der Waals surface area contributed by atoms with Crippen LogP contribution in [0.25, 0.3) is 0 Å². The van der Waals surface area contributed by atoms with Crippen LogP contribution in [0.3, 0.4) is 0 Å². The van der Waals surface area contributed by atoms with Crippen LogP contribution in [0, 0.1) is 5.41 Å². The second-order valence-corrected chi connectivity index (χ2v) is 4.18. The topological polar surface area (TPSA) is 26.0 Å². The van der Waals surface area contributed by atoms with E-state index in [1.165, 1.54) is 32.1 Å². The van der Waals surface area contributed by atoms with Gasteiger partial charge in [0, 0.05) is 0 Å². The molecule has 0 aromatic carbocycles. The van der Waals surface area contributed by atoms with Gasteiger partial charge >= 0.3 is 0 Å². The van der Waals surface area contributed by atoms with Crippen molar-refractivity contribution >= 4 is 0 Å². The summed E-state index contributed by atoms with van der Waals surface area (Å²) in [5.41, 5.74) is 5.99. The van der Waals surface area contributed by atoms with Crippen LogP contribution in [0.1, 0.15) is 52.9 Å². The van der Waals surface area contributed by atoms with E-state index in [0.717, 1.165) is 6.54 Å². The lowest BCUT2D eigenvalue weighted by Gasteiger charge is -2.21. The van der Waals surface area contributed by atoms with Crippen LogP contribution in [0.5, 0.6) is 0 Å². The van der Waals surface area contributed by atoms with Crippen LogP contribution in [0.15, 0.2) is 0 Å². The number of rotatable bonds is 6. The zero-order chi connectivity index (χ0) is 8.74. The Balaban J connectivity index is 3.23. The number of hydrogen-bond donors (Lipinski definition) is 1.